The normalized spacial score (nSPS) is 22.3. The molecule has 0 bridgehead atoms. The van der Waals surface area contributed by atoms with Gasteiger partial charge in [0.15, 0.2) is 0 Å². The van der Waals surface area contributed by atoms with E-state index in [0.717, 1.165) is 38.9 Å². The smallest absolute Gasteiger partial charge is 0.254 e. The molecule has 1 amide bonds. The van der Waals surface area contributed by atoms with Gasteiger partial charge in [-0.05, 0) is 25.7 Å². The summed E-state index contributed by atoms with van der Waals surface area (Å²) in [6, 6.07) is 0.499. The van der Waals surface area contributed by atoms with E-state index in [2.05, 4.69) is 20.2 Å². The Balaban J connectivity index is 1.63. The summed E-state index contributed by atoms with van der Waals surface area (Å²) in [7, 11) is -3.19. The number of hydrogen-bond donors (Lipinski definition) is 1. The van der Waals surface area contributed by atoms with Gasteiger partial charge in [0.25, 0.3) is 5.91 Å². The molecule has 10 heteroatoms. The van der Waals surface area contributed by atoms with Crippen LogP contribution in [0.2, 0.25) is 0 Å². The fraction of sp³-hybridized carbons (Fsp3) is 0.722. The van der Waals surface area contributed by atoms with Gasteiger partial charge in [0.1, 0.15) is 6.33 Å². The number of aromatic nitrogens is 2. The quantitative estimate of drug-likeness (QED) is 0.679. The van der Waals surface area contributed by atoms with E-state index >= 15 is 0 Å². The maximum Gasteiger partial charge on any atom is 0.254 e. The number of carbonyl (C=O) groups is 1. The summed E-state index contributed by atoms with van der Waals surface area (Å²) in [5, 5.41) is 2.93. The molecular weight excluding hydrogens is 382 g/mol. The molecule has 3 rings (SSSR count). The molecule has 3 heterocycles. The molecule has 2 saturated heterocycles. The number of nitrogens with one attached hydrogen (secondary N) is 1. The topological polar surface area (TPSA) is 105 Å². The molecule has 28 heavy (non-hydrogen) atoms. The number of amides is 1. The van der Waals surface area contributed by atoms with Crippen LogP contribution in [0, 0.1) is 0 Å². The number of nitrogens with zero attached hydrogens (tertiary/aromatic N) is 4. The fourth-order valence-electron chi connectivity index (χ4n) is 3.99. The van der Waals surface area contributed by atoms with Gasteiger partial charge in [-0.1, -0.05) is 0 Å². The Hall–Kier alpha value is -1.62. The molecule has 2 aliphatic rings. The molecule has 9 nitrogen and oxygen atoms in total. The highest BCUT2D eigenvalue weighted by Crippen LogP contribution is 2.24. The maximum atomic E-state index is 12.2. The highest BCUT2D eigenvalue weighted by atomic mass is 32.2. The molecule has 0 spiro atoms. The number of carbonyl (C=O) groups excluding carboxylic acids is 1. The minimum atomic E-state index is -3.19. The first-order valence-electron chi connectivity index (χ1n) is 9.77. The Labute approximate surface area is 166 Å². The molecule has 2 aliphatic heterocycles. The van der Waals surface area contributed by atoms with Gasteiger partial charge in [0.05, 0.1) is 11.8 Å². The summed E-state index contributed by atoms with van der Waals surface area (Å²) < 4.78 is 31.1. The van der Waals surface area contributed by atoms with E-state index in [-0.39, 0.29) is 11.9 Å². The zero-order chi connectivity index (χ0) is 20.0. The Morgan fingerprint density at radius 2 is 1.96 bits per heavy atom. The van der Waals surface area contributed by atoms with E-state index < -0.39 is 10.0 Å². The van der Waals surface area contributed by atoms with Gasteiger partial charge < -0.3 is 10.1 Å². The monoisotopic (exact) mass is 411 g/mol. The number of hydrogen-bond acceptors (Lipinski definition) is 7. The van der Waals surface area contributed by atoms with Gasteiger partial charge >= 0.3 is 0 Å². The van der Waals surface area contributed by atoms with Crippen molar-refractivity contribution in [3.63, 3.8) is 0 Å². The summed E-state index contributed by atoms with van der Waals surface area (Å²) in [6.45, 7) is 3.69. The molecule has 1 unspecified atom stereocenters. The van der Waals surface area contributed by atoms with Crippen molar-refractivity contribution in [1.29, 1.82) is 0 Å². The van der Waals surface area contributed by atoms with Crippen LogP contribution < -0.4 is 5.32 Å². The van der Waals surface area contributed by atoms with Crippen molar-refractivity contribution >= 4 is 15.9 Å². The molecule has 1 N–H and O–H groups in total. The highest BCUT2D eigenvalue weighted by molar-refractivity contribution is 7.88. The molecule has 1 aromatic heterocycles. The first kappa shape index (κ1) is 21.1. The van der Waals surface area contributed by atoms with Crippen LogP contribution in [-0.4, -0.2) is 91.2 Å². The van der Waals surface area contributed by atoms with Crippen LogP contribution >= 0.6 is 0 Å². The number of piperidine rings is 1. The van der Waals surface area contributed by atoms with Crippen molar-refractivity contribution in [3.8, 4) is 0 Å². The molecule has 1 aromatic rings. The summed E-state index contributed by atoms with van der Waals surface area (Å²) in [4.78, 5) is 22.4. The van der Waals surface area contributed by atoms with Gasteiger partial charge in [-0.15, -0.1) is 0 Å². The van der Waals surface area contributed by atoms with Gasteiger partial charge in [-0.25, -0.2) is 22.7 Å². The fourth-order valence-corrected chi connectivity index (χ4v) is 4.89. The number of rotatable bonds is 7. The largest absolute Gasteiger partial charge is 0.381 e. The van der Waals surface area contributed by atoms with Crippen molar-refractivity contribution in [3.05, 3.63) is 24.3 Å². The Morgan fingerprint density at radius 3 is 2.64 bits per heavy atom. The van der Waals surface area contributed by atoms with Crippen molar-refractivity contribution in [2.45, 2.75) is 37.8 Å². The number of sulfonamides is 1. The van der Waals surface area contributed by atoms with Crippen LogP contribution in [0.5, 0.6) is 0 Å². The third-order valence-electron chi connectivity index (χ3n) is 5.44. The molecule has 0 saturated carbocycles. The Kier molecular flexibility index (Phi) is 7.33. The van der Waals surface area contributed by atoms with E-state index in [4.69, 9.17) is 4.74 Å². The lowest BCUT2D eigenvalue weighted by atomic mass is 9.99. The minimum absolute atomic E-state index is 0.156. The second-order valence-corrected chi connectivity index (χ2v) is 9.36. The second-order valence-electron chi connectivity index (χ2n) is 7.38. The van der Waals surface area contributed by atoms with Crippen molar-refractivity contribution < 1.29 is 17.9 Å². The third-order valence-corrected chi connectivity index (χ3v) is 6.71. The van der Waals surface area contributed by atoms with Crippen LogP contribution in [0.3, 0.4) is 0 Å². The van der Waals surface area contributed by atoms with Gasteiger partial charge in [0, 0.05) is 63.9 Å². The molecule has 0 aromatic carbocycles. The molecular formula is C18H29N5O4S. The summed E-state index contributed by atoms with van der Waals surface area (Å²) >= 11 is 0. The van der Waals surface area contributed by atoms with Crippen LogP contribution in [-0.2, 0) is 14.8 Å². The lowest BCUT2D eigenvalue weighted by molar-refractivity contribution is 0.00673. The number of ether oxygens (including phenoxy) is 1. The van der Waals surface area contributed by atoms with Gasteiger partial charge in [-0.3, -0.25) is 9.69 Å². The van der Waals surface area contributed by atoms with Crippen molar-refractivity contribution in [2.24, 2.45) is 0 Å². The molecule has 0 radical (unpaired) electrons. The van der Waals surface area contributed by atoms with Gasteiger partial charge in [0.2, 0.25) is 10.0 Å². The standard InChI is InChI=1S/C18H29N5O4S/c1-28(25,26)22-7-2-3-17(13-22)23(16-4-9-27-10-5-16)8-6-21-18(24)15-11-19-14-20-12-15/h11-12,14,16-17H,2-10,13H2,1H3,(H,21,24). The average Bonchev–Trinajstić information content (AvgIpc) is 2.72. The third kappa shape index (κ3) is 5.69. The first-order chi connectivity index (χ1) is 13.4. The average molecular weight is 412 g/mol. The minimum Gasteiger partial charge on any atom is -0.381 e. The predicted octanol–water partition coefficient (Wildman–Crippen LogP) is 0.111. The van der Waals surface area contributed by atoms with E-state index in [1.807, 2.05) is 0 Å². The van der Waals surface area contributed by atoms with E-state index in [0.29, 0.717) is 37.8 Å². The molecule has 156 valence electrons. The van der Waals surface area contributed by atoms with Crippen molar-refractivity contribution in [2.75, 3.05) is 45.6 Å². The lowest BCUT2D eigenvalue weighted by Crippen LogP contribution is -2.55. The van der Waals surface area contributed by atoms with Crippen molar-refractivity contribution in [1.82, 2.24) is 24.5 Å². The van der Waals surface area contributed by atoms with E-state index in [1.54, 1.807) is 4.31 Å². The summed E-state index contributed by atoms with van der Waals surface area (Å²) in [5.74, 6) is -0.200. The first-order valence-corrected chi connectivity index (χ1v) is 11.6. The van der Waals surface area contributed by atoms with Crippen LogP contribution in [0.25, 0.3) is 0 Å². The SMILES string of the molecule is CS(=O)(=O)N1CCCC(N(CCNC(=O)c2cncnc2)C2CCOCC2)C1. The summed E-state index contributed by atoms with van der Waals surface area (Å²) in [6.07, 6.45) is 9.31. The molecule has 2 fully saturated rings. The van der Waals surface area contributed by atoms with E-state index in [1.165, 1.54) is 25.0 Å². The van der Waals surface area contributed by atoms with Gasteiger partial charge in [-0.2, -0.15) is 0 Å². The lowest BCUT2D eigenvalue weighted by Gasteiger charge is -2.43. The van der Waals surface area contributed by atoms with E-state index in [9.17, 15) is 13.2 Å². The Bertz CT molecular complexity index is 740. The zero-order valence-electron chi connectivity index (χ0n) is 16.3. The highest BCUT2D eigenvalue weighted by Gasteiger charge is 2.33. The molecule has 1 atom stereocenters. The van der Waals surface area contributed by atoms with Crippen LogP contribution in [0.4, 0.5) is 0 Å². The summed E-state index contributed by atoms with van der Waals surface area (Å²) in [5.41, 5.74) is 0.432. The zero-order valence-corrected chi connectivity index (χ0v) is 17.1. The Morgan fingerprint density at radius 1 is 1.25 bits per heavy atom. The van der Waals surface area contributed by atoms with Crippen LogP contribution in [0.1, 0.15) is 36.0 Å². The molecule has 0 aliphatic carbocycles. The van der Waals surface area contributed by atoms with Crippen LogP contribution in [0.15, 0.2) is 18.7 Å². The predicted molar refractivity (Wildman–Crippen MR) is 104 cm³/mol. The maximum absolute atomic E-state index is 12.2. The second kappa shape index (κ2) is 9.73.